The number of aromatic nitrogens is 3. The second-order valence-corrected chi connectivity index (χ2v) is 14.0. The van der Waals surface area contributed by atoms with Crippen molar-refractivity contribution in [2.75, 3.05) is 7.05 Å². The van der Waals surface area contributed by atoms with Crippen LogP contribution in [0.3, 0.4) is 0 Å². The van der Waals surface area contributed by atoms with Crippen LogP contribution in [-0.4, -0.2) is 21.0 Å². The van der Waals surface area contributed by atoms with Crippen LogP contribution in [0.5, 0.6) is 0 Å². The first-order chi connectivity index (χ1) is 24.7. The first-order valence-electron chi connectivity index (χ1n) is 17.9. The van der Waals surface area contributed by atoms with E-state index in [-0.39, 0.29) is 0 Å². The number of hydrogen-bond donors (Lipinski definition) is 1. The Morgan fingerprint density at radius 2 is 1.32 bits per heavy atom. The van der Waals surface area contributed by atoms with Crippen molar-refractivity contribution in [3.05, 3.63) is 145 Å². The Hall–Kier alpha value is -5.97. The predicted octanol–water partition coefficient (Wildman–Crippen LogP) is 10.8. The van der Waals surface area contributed by atoms with E-state index >= 15 is 0 Å². The summed E-state index contributed by atoms with van der Waals surface area (Å²) >= 11 is 0. The van der Waals surface area contributed by atoms with Crippen LogP contribution < -0.4 is 4.90 Å². The molecule has 4 heteroatoms. The van der Waals surface area contributed by atoms with Crippen molar-refractivity contribution in [1.82, 2.24) is 14.0 Å². The van der Waals surface area contributed by atoms with Gasteiger partial charge in [0.15, 0.2) is 0 Å². The third kappa shape index (κ3) is 3.82. The molecule has 50 heavy (non-hydrogen) atoms. The number of allylic oxidation sites excluding steroid dienone is 2. The maximum absolute atomic E-state index is 4.94. The number of para-hydroxylation sites is 3. The summed E-state index contributed by atoms with van der Waals surface area (Å²) in [5, 5.41) is 10.2. The van der Waals surface area contributed by atoms with Gasteiger partial charge in [-0.3, -0.25) is 9.88 Å². The maximum Gasteiger partial charge on any atom is 0.143 e. The molecule has 0 fully saturated rings. The molecule has 0 radical (unpaired) electrons. The van der Waals surface area contributed by atoms with Gasteiger partial charge in [-0.05, 0) is 78.6 Å². The smallest absolute Gasteiger partial charge is 0.143 e. The fourth-order valence-corrected chi connectivity index (χ4v) is 9.07. The molecule has 6 aromatic carbocycles. The van der Waals surface area contributed by atoms with E-state index in [9.17, 15) is 0 Å². The lowest BCUT2D eigenvalue weighted by molar-refractivity contribution is -0.768. The zero-order valence-electron chi connectivity index (χ0n) is 27.9. The molecular formula is C46H35N4+. The van der Waals surface area contributed by atoms with E-state index in [1.165, 1.54) is 112 Å². The molecule has 4 aromatic heterocycles. The molecule has 11 rings (SSSR count). The summed E-state index contributed by atoms with van der Waals surface area (Å²) in [6.07, 6.45) is 11.4. The largest absolute Gasteiger partial charge is 0.308 e. The minimum Gasteiger partial charge on any atom is -0.308 e. The lowest BCUT2D eigenvalue weighted by atomic mass is 10.0. The van der Waals surface area contributed by atoms with Crippen LogP contribution in [0, 0.1) is 0 Å². The Labute approximate surface area is 289 Å². The van der Waals surface area contributed by atoms with Gasteiger partial charge in [-0.2, -0.15) is 0 Å². The van der Waals surface area contributed by atoms with Crippen molar-refractivity contribution >= 4 is 76.4 Å². The minimum absolute atomic E-state index is 1.07. The van der Waals surface area contributed by atoms with E-state index in [2.05, 4.69) is 143 Å². The molecule has 1 aliphatic carbocycles. The van der Waals surface area contributed by atoms with E-state index in [1.807, 2.05) is 12.4 Å². The molecule has 1 aliphatic rings. The molecule has 0 saturated carbocycles. The van der Waals surface area contributed by atoms with E-state index in [0.29, 0.717) is 0 Å². The molecule has 0 amide bonds. The molecular weight excluding hydrogens is 609 g/mol. The average Bonchev–Trinajstić information content (AvgIpc) is 3.81. The summed E-state index contributed by atoms with van der Waals surface area (Å²) < 4.78 is 4.98. The van der Waals surface area contributed by atoms with E-state index < -0.39 is 0 Å². The monoisotopic (exact) mass is 643 g/mol. The first-order valence-corrected chi connectivity index (χ1v) is 17.9. The lowest BCUT2D eigenvalue weighted by Gasteiger charge is -2.22. The molecule has 1 atom stereocenters. The van der Waals surface area contributed by atoms with Gasteiger partial charge in [0.1, 0.15) is 11.4 Å². The van der Waals surface area contributed by atoms with Gasteiger partial charge in [-0.15, -0.1) is 0 Å². The molecule has 0 spiro atoms. The Balaban J connectivity index is 1.25. The molecule has 238 valence electrons. The number of pyridine rings is 1. The average molecular weight is 644 g/mol. The van der Waals surface area contributed by atoms with Crippen LogP contribution in [0.15, 0.2) is 145 Å². The fraction of sp³-hybridized carbons (Fsp3) is 0.109. The van der Waals surface area contributed by atoms with Crippen LogP contribution in [0.4, 0.5) is 5.69 Å². The van der Waals surface area contributed by atoms with Crippen LogP contribution >= 0.6 is 0 Å². The fourth-order valence-electron chi connectivity index (χ4n) is 9.07. The molecule has 4 heterocycles. The zero-order chi connectivity index (χ0) is 32.9. The third-order valence-electron chi connectivity index (χ3n) is 11.4. The van der Waals surface area contributed by atoms with Gasteiger partial charge >= 0.3 is 0 Å². The van der Waals surface area contributed by atoms with Crippen molar-refractivity contribution < 1.29 is 4.90 Å². The summed E-state index contributed by atoms with van der Waals surface area (Å²) in [6, 6.07) is 45.0. The number of hydrogen-bond acceptors (Lipinski definition) is 1. The van der Waals surface area contributed by atoms with Gasteiger partial charge in [0, 0.05) is 62.1 Å². The van der Waals surface area contributed by atoms with Crippen LogP contribution in [0.1, 0.15) is 25.7 Å². The number of quaternary nitrogens is 1. The van der Waals surface area contributed by atoms with Crippen LogP contribution in [-0.2, 0) is 0 Å². The van der Waals surface area contributed by atoms with E-state index in [0.717, 1.165) is 17.7 Å². The summed E-state index contributed by atoms with van der Waals surface area (Å²) in [6.45, 7) is 0. The zero-order valence-corrected chi connectivity index (χ0v) is 27.9. The minimum atomic E-state index is 1.07. The maximum atomic E-state index is 4.94. The highest BCUT2D eigenvalue weighted by Gasteiger charge is 2.25. The first kappa shape index (κ1) is 27.9. The van der Waals surface area contributed by atoms with Gasteiger partial charge in [-0.1, -0.05) is 72.8 Å². The van der Waals surface area contributed by atoms with Gasteiger partial charge in [0.25, 0.3) is 0 Å². The van der Waals surface area contributed by atoms with E-state index in [4.69, 9.17) is 4.98 Å². The quantitative estimate of drug-likeness (QED) is 0.203. The van der Waals surface area contributed by atoms with Crippen LogP contribution in [0.2, 0.25) is 0 Å². The highest BCUT2D eigenvalue weighted by atomic mass is 15.1. The molecule has 4 nitrogen and oxygen atoms in total. The lowest BCUT2D eigenvalue weighted by Crippen LogP contribution is -3.02. The Morgan fingerprint density at radius 1 is 0.600 bits per heavy atom. The molecule has 0 bridgehead atoms. The van der Waals surface area contributed by atoms with E-state index in [1.54, 1.807) is 0 Å². The normalized spacial score (nSPS) is 14.6. The Bertz CT molecular complexity index is 3010. The number of rotatable bonds is 4. The summed E-state index contributed by atoms with van der Waals surface area (Å²) in [7, 11) is 2.30. The second-order valence-electron chi connectivity index (χ2n) is 14.0. The third-order valence-corrected chi connectivity index (χ3v) is 11.4. The molecule has 0 aliphatic heterocycles. The second kappa shape index (κ2) is 10.5. The van der Waals surface area contributed by atoms with Crippen molar-refractivity contribution in [2.45, 2.75) is 25.7 Å². The summed E-state index contributed by atoms with van der Waals surface area (Å²) in [5.41, 5.74) is 12.4. The Kier molecular flexibility index (Phi) is 5.87. The summed E-state index contributed by atoms with van der Waals surface area (Å²) in [5.74, 6) is 0. The predicted molar refractivity (Wildman–Crippen MR) is 209 cm³/mol. The Morgan fingerprint density at radius 3 is 2.16 bits per heavy atom. The number of nitrogens with one attached hydrogen (secondary N) is 1. The summed E-state index contributed by atoms with van der Waals surface area (Å²) in [4.78, 5) is 6.33. The highest BCUT2D eigenvalue weighted by molar-refractivity contribution is 6.34. The number of nitrogens with zero attached hydrogens (tertiary/aromatic N) is 3. The molecule has 1 N–H and O–H groups in total. The number of fused-ring (bicyclic) bond motifs is 11. The number of benzene rings is 6. The van der Waals surface area contributed by atoms with Crippen LogP contribution in [0.25, 0.3) is 87.5 Å². The topological polar surface area (TPSA) is 26.7 Å². The molecule has 10 aromatic rings. The van der Waals surface area contributed by atoms with Gasteiger partial charge < -0.3 is 8.97 Å². The van der Waals surface area contributed by atoms with Crippen molar-refractivity contribution in [3.8, 4) is 16.8 Å². The SMILES string of the molecule is C[NH+](C1=CCCCC1)c1ccccc1-c1cncc(-n2c3ccccc3c3cc4c5ccccc5n5c6cc7ccccc7cc6c(c32)c45)c1. The van der Waals surface area contributed by atoms with Crippen molar-refractivity contribution in [3.63, 3.8) is 0 Å². The van der Waals surface area contributed by atoms with Crippen molar-refractivity contribution in [1.29, 1.82) is 0 Å². The molecule has 0 saturated heterocycles. The standard InChI is InChI=1S/C46H34N4/c1-48(32-15-3-2-4-16-32)40-20-10-7-17-34(40)31-23-33(28-47-27-31)49-41-21-11-8-18-35(41)37-26-38-36-19-9-12-22-42(36)50-43-25-30-14-6-5-13-29(30)24-39(43)44(45(37)49)46(38)50/h5-15,17-28H,2-4,16H2,1H3/p+1. The van der Waals surface area contributed by atoms with Gasteiger partial charge in [0.05, 0.1) is 46.5 Å². The molecule has 1 unspecified atom stereocenters. The highest BCUT2D eigenvalue weighted by Crippen LogP contribution is 2.47. The van der Waals surface area contributed by atoms with Gasteiger partial charge in [-0.25, -0.2) is 0 Å². The van der Waals surface area contributed by atoms with Crippen molar-refractivity contribution in [2.24, 2.45) is 0 Å². The van der Waals surface area contributed by atoms with Gasteiger partial charge in [0.2, 0.25) is 0 Å².